The van der Waals surface area contributed by atoms with Crippen LogP contribution in [0.5, 0.6) is 5.75 Å². The summed E-state index contributed by atoms with van der Waals surface area (Å²) in [7, 11) is 0. The first-order valence-electron chi connectivity index (χ1n) is 5.84. The Hall–Kier alpha value is -2.09. The van der Waals surface area contributed by atoms with Crippen LogP contribution >= 0.6 is 0 Å². The van der Waals surface area contributed by atoms with Crippen molar-refractivity contribution >= 4 is 0 Å². The van der Waals surface area contributed by atoms with E-state index in [1.54, 1.807) is 17.8 Å². The fraction of sp³-hybridized carbons (Fsp3) is 0.333. The molecule has 0 radical (unpaired) electrons. The lowest BCUT2D eigenvalue weighted by molar-refractivity contribution is -0.274. The van der Waals surface area contributed by atoms with E-state index in [9.17, 15) is 13.2 Å². The highest BCUT2D eigenvalue weighted by molar-refractivity contribution is 5.27. The summed E-state index contributed by atoms with van der Waals surface area (Å²) >= 11 is 0. The zero-order valence-corrected chi connectivity index (χ0v) is 10.6. The molecule has 108 valence electrons. The molecule has 2 aromatic rings. The van der Waals surface area contributed by atoms with E-state index in [1.807, 2.05) is 0 Å². The maximum Gasteiger partial charge on any atom is 0.573 e. The van der Waals surface area contributed by atoms with E-state index in [4.69, 9.17) is 5.73 Å². The molecule has 1 aromatic carbocycles. The Morgan fingerprint density at radius 3 is 2.45 bits per heavy atom. The first kappa shape index (κ1) is 14.3. The molecule has 0 aliphatic rings. The Morgan fingerprint density at radius 2 is 1.95 bits per heavy atom. The monoisotopic (exact) mass is 286 g/mol. The largest absolute Gasteiger partial charge is 0.573 e. The van der Waals surface area contributed by atoms with Gasteiger partial charge in [0.05, 0.1) is 18.4 Å². The minimum absolute atomic E-state index is 0.216. The average molecular weight is 286 g/mol. The maximum atomic E-state index is 12.0. The van der Waals surface area contributed by atoms with E-state index in [-0.39, 0.29) is 11.8 Å². The van der Waals surface area contributed by atoms with E-state index in [2.05, 4.69) is 15.0 Å². The molecule has 0 saturated carbocycles. The van der Waals surface area contributed by atoms with Crippen LogP contribution in [-0.2, 0) is 6.54 Å². The quantitative estimate of drug-likeness (QED) is 0.936. The van der Waals surface area contributed by atoms with Crippen LogP contribution in [0.4, 0.5) is 13.2 Å². The second-order valence-electron chi connectivity index (χ2n) is 4.32. The number of aromatic nitrogens is 3. The van der Waals surface area contributed by atoms with Crippen molar-refractivity contribution in [1.82, 2.24) is 15.0 Å². The van der Waals surface area contributed by atoms with Gasteiger partial charge in [-0.1, -0.05) is 17.3 Å². The Kier molecular flexibility index (Phi) is 3.93. The number of alkyl halides is 3. The number of ether oxygens (including phenoxy) is 1. The van der Waals surface area contributed by atoms with Crippen LogP contribution < -0.4 is 10.5 Å². The zero-order chi connectivity index (χ0) is 14.8. The van der Waals surface area contributed by atoms with Crippen LogP contribution in [0.1, 0.15) is 24.2 Å². The van der Waals surface area contributed by atoms with Gasteiger partial charge in [-0.2, -0.15) is 0 Å². The highest BCUT2D eigenvalue weighted by Crippen LogP contribution is 2.22. The molecular weight excluding hydrogens is 273 g/mol. The van der Waals surface area contributed by atoms with Gasteiger partial charge < -0.3 is 10.5 Å². The number of nitrogens with zero attached hydrogens (tertiary/aromatic N) is 3. The third-order valence-electron chi connectivity index (χ3n) is 2.52. The predicted molar refractivity (Wildman–Crippen MR) is 64.9 cm³/mol. The maximum absolute atomic E-state index is 12.0. The summed E-state index contributed by atoms with van der Waals surface area (Å²) in [6.45, 7) is 2.18. The molecule has 0 saturated heterocycles. The van der Waals surface area contributed by atoms with Gasteiger partial charge in [0.15, 0.2) is 0 Å². The lowest BCUT2D eigenvalue weighted by Gasteiger charge is -2.09. The summed E-state index contributed by atoms with van der Waals surface area (Å²) in [5.74, 6) is -0.254. The molecule has 1 aromatic heterocycles. The number of hydrogen-bond donors (Lipinski definition) is 1. The molecule has 0 bridgehead atoms. The molecule has 2 N–H and O–H groups in total. The first-order chi connectivity index (χ1) is 9.33. The van der Waals surface area contributed by atoms with Crippen molar-refractivity contribution in [1.29, 1.82) is 0 Å². The molecule has 5 nitrogen and oxygen atoms in total. The fourth-order valence-electron chi connectivity index (χ4n) is 1.58. The molecule has 0 amide bonds. The summed E-state index contributed by atoms with van der Waals surface area (Å²) in [6, 6.07) is 5.37. The van der Waals surface area contributed by atoms with Crippen molar-refractivity contribution in [3.05, 3.63) is 41.7 Å². The highest BCUT2D eigenvalue weighted by Gasteiger charge is 2.30. The van der Waals surface area contributed by atoms with Crippen molar-refractivity contribution < 1.29 is 17.9 Å². The molecule has 1 heterocycles. The lowest BCUT2D eigenvalue weighted by atomic mass is 10.2. The average Bonchev–Trinajstić information content (AvgIpc) is 2.78. The molecule has 0 aliphatic heterocycles. The number of benzene rings is 1. The normalized spacial score (nSPS) is 13.2. The van der Waals surface area contributed by atoms with Gasteiger partial charge in [-0.05, 0) is 24.6 Å². The summed E-state index contributed by atoms with van der Waals surface area (Å²) < 4.78 is 41.4. The van der Waals surface area contributed by atoms with Crippen molar-refractivity contribution in [3.63, 3.8) is 0 Å². The van der Waals surface area contributed by atoms with Crippen molar-refractivity contribution in [3.8, 4) is 5.75 Å². The minimum Gasteiger partial charge on any atom is -0.406 e. The molecule has 20 heavy (non-hydrogen) atoms. The van der Waals surface area contributed by atoms with Gasteiger partial charge in [0.25, 0.3) is 0 Å². The van der Waals surface area contributed by atoms with E-state index < -0.39 is 6.36 Å². The van der Waals surface area contributed by atoms with E-state index in [0.29, 0.717) is 12.2 Å². The van der Waals surface area contributed by atoms with Crippen LogP contribution in [-0.4, -0.2) is 21.4 Å². The lowest BCUT2D eigenvalue weighted by Crippen LogP contribution is -2.17. The fourth-order valence-corrected chi connectivity index (χ4v) is 1.58. The summed E-state index contributed by atoms with van der Waals surface area (Å²) in [5.41, 5.74) is 7.09. The summed E-state index contributed by atoms with van der Waals surface area (Å²) in [6.07, 6.45) is -2.98. The topological polar surface area (TPSA) is 66.0 Å². The van der Waals surface area contributed by atoms with E-state index in [1.165, 1.54) is 24.3 Å². The summed E-state index contributed by atoms with van der Waals surface area (Å²) in [5, 5.41) is 7.78. The minimum atomic E-state index is -4.68. The Balaban J connectivity index is 2.03. The standard InChI is InChI=1S/C12H13F3N4O/c1-8(16)11-7-19(18-17-11)6-9-2-4-10(5-3-9)20-12(13,14)15/h2-5,7-8H,6,16H2,1H3. The first-order valence-corrected chi connectivity index (χ1v) is 5.84. The molecule has 8 heteroatoms. The molecule has 1 unspecified atom stereocenters. The number of rotatable bonds is 4. The Morgan fingerprint density at radius 1 is 1.30 bits per heavy atom. The van der Waals surface area contributed by atoms with Gasteiger partial charge in [0.1, 0.15) is 5.75 Å². The van der Waals surface area contributed by atoms with Gasteiger partial charge >= 0.3 is 6.36 Å². The number of nitrogens with two attached hydrogens (primary N) is 1. The highest BCUT2D eigenvalue weighted by atomic mass is 19.4. The van der Waals surface area contributed by atoms with Gasteiger partial charge in [0, 0.05) is 6.04 Å². The van der Waals surface area contributed by atoms with Crippen LogP contribution in [0.2, 0.25) is 0 Å². The van der Waals surface area contributed by atoms with Crippen molar-refractivity contribution in [2.75, 3.05) is 0 Å². The van der Waals surface area contributed by atoms with Crippen LogP contribution in [0, 0.1) is 0 Å². The van der Waals surface area contributed by atoms with Gasteiger partial charge in [0.2, 0.25) is 0 Å². The predicted octanol–water partition coefficient (Wildman–Crippen LogP) is 2.24. The van der Waals surface area contributed by atoms with Crippen molar-refractivity contribution in [2.45, 2.75) is 25.9 Å². The zero-order valence-electron chi connectivity index (χ0n) is 10.6. The van der Waals surface area contributed by atoms with Gasteiger partial charge in [-0.3, -0.25) is 0 Å². The third kappa shape index (κ3) is 3.95. The Bertz CT molecular complexity index is 563. The number of hydrogen-bond acceptors (Lipinski definition) is 4. The number of halogens is 3. The van der Waals surface area contributed by atoms with Crippen LogP contribution in [0.3, 0.4) is 0 Å². The molecule has 1 atom stereocenters. The van der Waals surface area contributed by atoms with Crippen LogP contribution in [0.25, 0.3) is 0 Å². The van der Waals surface area contributed by atoms with Gasteiger partial charge in [-0.15, -0.1) is 18.3 Å². The van der Waals surface area contributed by atoms with E-state index in [0.717, 1.165) is 5.56 Å². The second kappa shape index (κ2) is 5.49. The third-order valence-corrected chi connectivity index (χ3v) is 2.52. The second-order valence-corrected chi connectivity index (χ2v) is 4.32. The van der Waals surface area contributed by atoms with Crippen molar-refractivity contribution in [2.24, 2.45) is 5.73 Å². The molecular formula is C12H13F3N4O. The smallest absolute Gasteiger partial charge is 0.406 e. The molecule has 0 aliphatic carbocycles. The summed E-state index contributed by atoms with van der Waals surface area (Å²) in [4.78, 5) is 0. The molecule has 0 fully saturated rings. The Labute approximate surface area is 113 Å². The molecule has 2 rings (SSSR count). The van der Waals surface area contributed by atoms with Gasteiger partial charge in [-0.25, -0.2) is 4.68 Å². The van der Waals surface area contributed by atoms with Crippen LogP contribution in [0.15, 0.2) is 30.5 Å². The molecule has 0 spiro atoms. The SMILES string of the molecule is CC(N)c1cn(Cc2ccc(OC(F)(F)F)cc2)nn1. The van der Waals surface area contributed by atoms with E-state index >= 15 is 0 Å².